The van der Waals surface area contributed by atoms with Crippen molar-refractivity contribution in [1.29, 1.82) is 0 Å². The van der Waals surface area contributed by atoms with Crippen LogP contribution in [0.1, 0.15) is 16.7 Å². The fourth-order valence-electron chi connectivity index (χ4n) is 2.35. The van der Waals surface area contributed by atoms with Crippen LogP contribution in [0.25, 0.3) is 0 Å². The highest BCUT2D eigenvalue weighted by Crippen LogP contribution is 2.36. The lowest BCUT2D eigenvalue weighted by Crippen LogP contribution is -2.33. The molecule has 0 bridgehead atoms. The van der Waals surface area contributed by atoms with Gasteiger partial charge >= 0.3 is 6.18 Å². The summed E-state index contributed by atoms with van der Waals surface area (Å²) in [5.74, 6) is -0.245. The molecular formula is C19H21F3N2O2S. The Balaban J connectivity index is 1.88. The van der Waals surface area contributed by atoms with Gasteiger partial charge in [0.05, 0.1) is 18.8 Å². The summed E-state index contributed by atoms with van der Waals surface area (Å²) in [6, 6.07) is 13.5. The van der Waals surface area contributed by atoms with Gasteiger partial charge in [-0.15, -0.1) is 0 Å². The molecule has 146 valence electrons. The molecule has 27 heavy (non-hydrogen) atoms. The van der Waals surface area contributed by atoms with Crippen LogP contribution >= 0.6 is 12.2 Å². The SMILES string of the molecule is CNNC(=S)c1ccc(OCCOCCc2ccccc2)c(C(F)(F)F)c1. The van der Waals surface area contributed by atoms with Gasteiger partial charge in [0.1, 0.15) is 17.3 Å². The van der Waals surface area contributed by atoms with E-state index in [-0.39, 0.29) is 29.5 Å². The Kier molecular flexibility index (Phi) is 8.02. The van der Waals surface area contributed by atoms with Crippen LogP contribution in [-0.2, 0) is 17.3 Å². The summed E-state index contributed by atoms with van der Waals surface area (Å²) in [5.41, 5.74) is 5.69. The van der Waals surface area contributed by atoms with Crippen molar-refractivity contribution in [1.82, 2.24) is 10.9 Å². The van der Waals surface area contributed by atoms with Gasteiger partial charge in [-0.1, -0.05) is 42.5 Å². The number of alkyl halides is 3. The maximum absolute atomic E-state index is 13.3. The van der Waals surface area contributed by atoms with Crippen molar-refractivity contribution < 1.29 is 22.6 Å². The first-order valence-electron chi connectivity index (χ1n) is 8.34. The molecule has 2 rings (SSSR count). The molecule has 0 radical (unpaired) electrons. The second-order valence-electron chi connectivity index (χ2n) is 5.61. The molecule has 2 aromatic rings. The smallest absolute Gasteiger partial charge is 0.419 e. The monoisotopic (exact) mass is 398 g/mol. The van der Waals surface area contributed by atoms with Gasteiger partial charge in [-0.05, 0) is 30.2 Å². The molecular weight excluding hydrogens is 377 g/mol. The number of hydrogen-bond donors (Lipinski definition) is 2. The van der Waals surface area contributed by atoms with Crippen molar-refractivity contribution >= 4 is 17.2 Å². The number of nitrogens with one attached hydrogen (secondary N) is 2. The Morgan fingerprint density at radius 2 is 1.78 bits per heavy atom. The Bertz CT molecular complexity index is 739. The largest absolute Gasteiger partial charge is 0.491 e. The predicted octanol–water partition coefficient (Wildman–Crippen LogP) is 3.74. The van der Waals surface area contributed by atoms with Crippen LogP contribution in [0.2, 0.25) is 0 Å². The quantitative estimate of drug-likeness (QED) is 0.383. The number of halogens is 3. The molecule has 2 aromatic carbocycles. The molecule has 0 spiro atoms. The third-order valence-electron chi connectivity index (χ3n) is 3.65. The summed E-state index contributed by atoms with van der Waals surface area (Å²) in [6.07, 6.45) is -3.81. The zero-order valence-corrected chi connectivity index (χ0v) is 15.6. The molecule has 2 N–H and O–H groups in total. The van der Waals surface area contributed by atoms with E-state index in [0.29, 0.717) is 6.61 Å². The van der Waals surface area contributed by atoms with Gasteiger partial charge in [0.2, 0.25) is 0 Å². The maximum atomic E-state index is 13.3. The lowest BCUT2D eigenvalue weighted by molar-refractivity contribution is -0.139. The van der Waals surface area contributed by atoms with Gasteiger partial charge in [-0.3, -0.25) is 0 Å². The topological polar surface area (TPSA) is 42.5 Å². The number of hydrogen-bond acceptors (Lipinski definition) is 4. The van der Waals surface area contributed by atoms with E-state index in [0.717, 1.165) is 18.1 Å². The van der Waals surface area contributed by atoms with Gasteiger partial charge in [-0.25, -0.2) is 5.43 Å². The predicted molar refractivity (Wildman–Crippen MR) is 102 cm³/mol. The first-order valence-corrected chi connectivity index (χ1v) is 8.75. The fraction of sp³-hybridized carbons (Fsp3) is 0.316. The third kappa shape index (κ3) is 6.82. The minimum atomic E-state index is -4.55. The molecule has 0 saturated heterocycles. The molecule has 0 heterocycles. The van der Waals surface area contributed by atoms with Crippen molar-refractivity contribution in [2.45, 2.75) is 12.6 Å². The molecule has 0 unspecified atom stereocenters. The van der Waals surface area contributed by atoms with E-state index in [2.05, 4.69) is 10.9 Å². The number of thiocarbonyl (C=S) groups is 1. The van der Waals surface area contributed by atoms with Gasteiger partial charge in [-0.2, -0.15) is 13.2 Å². The molecule has 0 atom stereocenters. The van der Waals surface area contributed by atoms with E-state index in [9.17, 15) is 13.2 Å². The second kappa shape index (κ2) is 10.2. The molecule has 0 aliphatic carbocycles. The minimum absolute atomic E-state index is 0.0242. The van der Waals surface area contributed by atoms with Gasteiger partial charge in [0, 0.05) is 12.6 Å². The Labute approximate surface area is 161 Å². The summed E-state index contributed by atoms with van der Waals surface area (Å²) in [6.45, 7) is 0.699. The van der Waals surface area contributed by atoms with E-state index in [1.807, 2.05) is 30.3 Å². The number of benzene rings is 2. The van der Waals surface area contributed by atoms with E-state index in [1.54, 1.807) is 7.05 Å². The number of rotatable bonds is 9. The minimum Gasteiger partial charge on any atom is -0.491 e. The van der Waals surface area contributed by atoms with E-state index in [1.165, 1.54) is 12.1 Å². The van der Waals surface area contributed by atoms with Crippen LogP contribution in [0, 0.1) is 0 Å². The summed E-state index contributed by atoms with van der Waals surface area (Å²) in [5, 5.41) is 0. The summed E-state index contributed by atoms with van der Waals surface area (Å²) in [7, 11) is 1.58. The van der Waals surface area contributed by atoms with E-state index >= 15 is 0 Å². The molecule has 0 saturated carbocycles. The van der Waals surface area contributed by atoms with Gasteiger partial charge in [0.15, 0.2) is 0 Å². The molecule has 0 amide bonds. The normalized spacial score (nSPS) is 11.3. The second-order valence-corrected chi connectivity index (χ2v) is 6.02. The highest BCUT2D eigenvalue weighted by molar-refractivity contribution is 7.80. The number of hydrazine groups is 1. The molecule has 8 heteroatoms. The van der Waals surface area contributed by atoms with Crippen LogP contribution in [0.4, 0.5) is 13.2 Å². The molecule has 0 aliphatic heterocycles. The highest BCUT2D eigenvalue weighted by Gasteiger charge is 2.35. The van der Waals surface area contributed by atoms with Crippen LogP contribution in [-0.4, -0.2) is 31.9 Å². The van der Waals surface area contributed by atoms with Crippen molar-refractivity contribution in [2.75, 3.05) is 26.9 Å². The number of ether oxygens (including phenoxy) is 2. The third-order valence-corrected chi connectivity index (χ3v) is 3.99. The standard InChI is InChI=1S/C19H21F3N2O2S/c1-23-24-18(27)15-7-8-17(16(13-15)19(20,21)22)26-12-11-25-10-9-14-5-3-2-4-6-14/h2-8,13,23H,9-12H2,1H3,(H,24,27). The summed E-state index contributed by atoms with van der Waals surface area (Å²) >= 11 is 5.02. The zero-order chi connectivity index (χ0) is 19.7. The summed E-state index contributed by atoms with van der Waals surface area (Å²) < 4.78 is 50.6. The van der Waals surface area contributed by atoms with Gasteiger partial charge < -0.3 is 14.9 Å². The van der Waals surface area contributed by atoms with Crippen molar-refractivity contribution in [3.8, 4) is 5.75 Å². The molecule has 4 nitrogen and oxygen atoms in total. The molecule has 0 aromatic heterocycles. The lowest BCUT2D eigenvalue weighted by Gasteiger charge is -2.16. The van der Waals surface area contributed by atoms with Crippen molar-refractivity contribution in [2.24, 2.45) is 0 Å². The maximum Gasteiger partial charge on any atom is 0.419 e. The van der Waals surface area contributed by atoms with E-state index < -0.39 is 11.7 Å². The van der Waals surface area contributed by atoms with Crippen LogP contribution < -0.4 is 15.6 Å². The van der Waals surface area contributed by atoms with Crippen molar-refractivity contribution in [3.63, 3.8) is 0 Å². The Hall–Kier alpha value is -2.16. The first-order chi connectivity index (χ1) is 12.9. The van der Waals surface area contributed by atoms with Crippen LogP contribution in [0.15, 0.2) is 48.5 Å². The lowest BCUT2D eigenvalue weighted by atomic mass is 10.1. The van der Waals surface area contributed by atoms with E-state index in [4.69, 9.17) is 21.7 Å². The average molecular weight is 398 g/mol. The average Bonchev–Trinajstić information content (AvgIpc) is 2.65. The first kappa shape index (κ1) is 21.1. The van der Waals surface area contributed by atoms with Crippen molar-refractivity contribution in [3.05, 3.63) is 65.2 Å². The molecule has 0 fully saturated rings. The Morgan fingerprint density at radius 1 is 1.04 bits per heavy atom. The zero-order valence-electron chi connectivity index (χ0n) is 14.8. The van der Waals surface area contributed by atoms with Crippen LogP contribution in [0.3, 0.4) is 0 Å². The highest BCUT2D eigenvalue weighted by atomic mass is 32.1. The Morgan fingerprint density at radius 3 is 2.44 bits per heavy atom. The molecule has 0 aliphatic rings. The van der Waals surface area contributed by atoms with Crippen LogP contribution in [0.5, 0.6) is 5.75 Å². The van der Waals surface area contributed by atoms with Gasteiger partial charge in [0.25, 0.3) is 0 Å². The fourth-order valence-corrected chi connectivity index (χ4v) is 2.58. The summed E-state index contributed by atoms with van der Waals surface area (Å²) in [4.78, 5) is 0.166.